The molecular weight excluding hydrogens is 300 g/mol. The number of likely N-dealkylation sites (tertiary alicyclic amines) is 1. The Morgan fingerprint density at radius 2 is 2.14 bits per heavy atom. The van der Waals surface area contributed by atoms with Crippen LogP contribution in [0.25, 0.3) is 0 Å². The van der Waals surface area contributed by atoms with Gasteiger partial charge in [0, 0.05) is 25.6 Å². The van der Waals surface area contributed by atoms with Gasteiger partial charge in [-0.1, -0.05) is 29.8 Å². The maximum atomic E-state index is 12.6. The first-order valence-electron chi connectivity index (χ1n) is 7.91. The quantitative estimate of drug-likeness (QED) is 0.928. The number of aryl methyl sites for hydroxylation is 1. The number of rotatable bonds is 3. The molecule has 22 heavy (non-hydrogen) atoms. The van der Waals surface area contributed by atoms with Crippen molar-refractivity contribution >= 4 is 18.3 Å². The van der Waals surface area contributed by atoms with E-state index in [2.05, 4.69) is 41.4 Å². The van der Waals surface area contributed by atoms with Crippen molar-refractivity contribution in [1.29, 1.82) is 0 Å². The molecule has 1 aromatic rings. The van der Waals surface area contributed by atoms with Crippen LogP contribution in [0.1, 0.15) is 36.4 Å². The molecule has 3 rings (SSSR count). The second kappa shape index (κ2) is 7.95. The second-order valence-corrected chi connectivity index (χ2v) is 6.09. The van der Waals surface area contributed by atoms with E-state index in [9.17, 15) is 4.79 Å². The molecule has 5 heteroatoms. The van der Waals surface area contributed by atoms with Crippen molar-refractivity contribution < 1.29 is 9.53 Å². The number of hydrogen-bond acceptors (Lipinski definition) is 3. The highest BCUT2D eigenvalue weighted by Gasteiger charge is 2.31. The van der Waals surface area contributed by atoms with Gasteiger partial charge in [0.2, 0.25) is 5.91 Å². The highest BCUT2D eigenvalue weighted by atomic mass is 35.5. The highest BCUT2D eigenvalue weighted by molar-refractivity contribution is 5.85. The minimum absolute atomic E-state index is 0. The van der Waals surface area contributed by atoms with E-state index >= 15 is 0 Å². The number of halogens is 1. The number of amides is 1. The summed E-state index contributed by atoms with van der Waals surface area (Å²) in [6.45, 7) is 5.22. The zero-order valence-electron chi connectivity index (χ0n) is 13.1. The average molecular weight is 325 g/mol. The van der Waals surface area contributed by atoms with Crippen LogP contribution < -0.4 is 5.32 Å². The molecule has 0 bridgehead atoms. The molecule has 0 saturated carbocycles. The normalized spacial score (nSPS) is 24.9. The Morgan fingerprint density at radius 3 is 2.82 bits per heavy atom. The summed E-state index contributed by atoms with van der Waals surface area (Å²) in [5.41, 5.74) is 2.53. The third-order valence-electron chi connectivity index (χ3n) is 4.45. The zero-order valence-corrected chi connectivity index (χ0v) is 13.9. The van der Waals surface area contributed by atoms with Crippen molar-refractivity contribution in [3.63, 3.8) is 0 Å². The van der Waals surface area contributed by atoms with Gasteiger partial charge in [0.05, 0.1) is 19.3 Å². The standard InChI is InChI=1S/C17H24N2O2.ClH/c1-13-4-6-14(7-5-13)16-3-2-9-19(16)17(20)11-15-12-21-10-8-18-15;/h4-7,15-16,18H,2-3,8-12H2,1H3;1H. The average Bonchev–Trinajstić information content (AvgIpc) is 2.98. The summed E-state index contributed by atoms with van der Waals surface area (Å²) in [4.78, 5) is 14.7. The molecule has 122 valence electrons. The first-order valence-corrected chi connectivity index (χ1v) is 7.91. The van der Waals surface area contributed by atoms with Gasteiger partial charge in [-0.3, -0.25) is 4.79 Å². The van der Waals surface area contributed by atoms with E-state index in [0.29, 0.717) is 13.0 Å². The fourth-order valence-corrected chi connectivity index (χ4v) is 3.28. The highest BCUT2D eigenvalue weighted by Crippen LogP contribution is 2.32. The fraction of sp³-hybridized carbons (Fsp3) is 0.588. The van der Waals surface area contributed by atoms with Gasteiger partial charge in [-0.05, 0) is 25.3 Å². The van der Waals surface area contributed by atoms with Crippen molar-refractivity contribution in [1.82, 2.24) is 10.2 Å². The van der Waals surface area contributed by atoms with Gasteiger partial charge in [-0.2, -0.15) is 0 Å². The summed E-state index contributed by atoms with van der Waals surface area (Å²) in [6.07, 6.45) is 2.71. The summed E-state index contributed by atoms with van der Waals surface area (Å²) in [6, 6.07) is 9.01. The Morgan fingerprint density at radius 1 is 1.36 bits per heavy atom. The van der Waals surface area contributed by atoms with E-state index in [1.54, 1.807) is 0 Å². The van der Waals surface area contributed by atoms with Crippen molar-refractivity contribution in [2.45, 2.75) is 38.3 Å². The molecule has 2 aliphatic heterocycles. The van der Waals surface area contributed by atoms with Gasteiger partial charge in [-0.15, -0.1) is 12.4 Å². The van der Waals surface area contributed by atoms with Gasteiger partial charge in [0.1, 0.15) is 0 Å². The fourth-order valence-electron chi connectivity index (χ4n) is 3.28. The maximum Gasteiger partial charge on any atom is 0.224 e. The molecule has 1 aromatic carbocycles. The van der Waals surface area contributed by atoms with Gasteiger partial charge in [-0.25, -0.2) is 0 Å². The monoisotopic (exact) mass is 324 g/mol. The maximum absolute atomic E-state index is 12.6. The lowest BCUT2D eigenvalue weighted by Crippen LogP contribution is -2.45. The Labute approximate surface area is 138 Å². The van der Waals surface area contributed by atoms with Crippen LogP contribution in [0, 0.1) is 6.92 Å². The lowest BCUT2D eigenvalue weighted by Gasteiger charge is -2.29. The molecule has 1 amide bonds. The molecule has 4 nitrogen and oxygen atoms in total. The third-order valence-corrected chi connectivity index (χ3v) is 4.45. The predicted octanol–water partition coefficient (Wildman–Crippen LogP) is 2.46. The summed E-state index contributed by atoms with van der Waals surface area (Å²) in [5.74, 6) is 0.251. The zero-order chi connectivity index (χ0) is 14.7. The molecule has 2 heterocycles. The first kappa shape index (κ1) is 17.3. The molecule has 2 saturated heterocycles. The van der Waals surface area contributed by atoms with Crippen molar-refractivity contribution in [2.24, 2.45) is 0 Å². The van der Waals surface area contributed by atoms with Crippen molar-refractivity contribution in [3.8, 4) is 0 Å². The second-order valence-electron chi connectivity index (χ2n) is 6.09. The van der Waals surface area contributed by atoms with Gasteiger partial charge in [0.25, 0.3) is 0 Å². The molecule has 0 aromatic heterocycles. The Hall–Kier alpha value is -1.10. The topological polar surface area (TPSA) is 41.6 Å². The van der Waals surface area contributed by atoms with E-state index in [1.807, 2.05) is 0 Å². The SMILES string of the molecule is Cc1ccc(C2CCCN2C(=O)CC2COCCN2)cc1.Cl. The largest absolute Gasteiger partial charge is 0.378 e. The molecule has 2 fully saturated rings. The molecule has 0 spiro atoms. The van der Waals surface area contributed by atoms with Crippen LogP contribution in [0.15, 0.2) is 24.3 Å². The molecule has 2 aliphatic rings. The van der Waals surface area contributed by atoms with Crippen LogP contribution >= 0.6 is 12.4 Å². The Bertz CT molecular complexity index is 486. The molecule has 1 N–H and O–H groups in total. The summed E-state index contributed by atoms with van der Waals surface area (Å²) in [7, 11) is 0. The summed E-state index contributed by atoms with van der Waals surface area (Å²) in [5, 5.41) is 3.36. The number of morpholine rings is 1. The van der Waals surface area contributed by atoms with Crippen LogP contribution in [0.5, 0.6) is 0 Å². The number of carbonyl (C=O) groups excluding carboxylic acids is 1. The summed E-state index contributed by atoms with van der Waals surface area (Å²) >= 11 is 0. The molecule has 2 atom stereocenters. The number of nitrogens with zero attached hydrogens (tertiary/aromatic N) is 1. The van der Waals surface area contributed by atoms with E-state index in [-0.39, 0.29) is 30.4 Å². The van der Waals surface area contributed by atoms with Crippen LogP contribution in [0.2, 0.25) is 0 Å². The minimum Gasteiger partial charge on any atom is -0.378 e. The Balaban J connectivity index is 0.00000176. The van der Waals surface area contributed by atoms with E-state index in [1.165, 1.54) is 11.1 Å². The van der Waals surface area contributed by atoms with E-state index in [4.69, 9.17) is 4.74 Å². The van der Waals surface area contributed by atoms with Crippen LogP contribution in [-0.4, -0.2) is 43.2 Å². The van der Waals surface area contributed by atoms with Gasteiger partial charge < -0.3 is 15.0 Å². The number of benzene rings is 1. The number of nitrogens with one attached hydrogen (secondary N) is 1. The lowest BCUT2D eigenvalue weighted by atomic mass is 10.0. The van der Waals surface area contributed by atoms with Crippen LogP contribution in [-0.2, 0) is 9.53 Å². The smallest absolute Gasteiger partial charge is 0.224 e. The van der Waals surface area contributed by atoms with Gasteiger partial charge >= 0.3 is 0 Å². The summed E-state index contributed by atoms with van der Waals surface area (Å²) < 4.78 is 5.44. The van der Waals surface area contributed by atoms with E-state index in [0.717, 1.165) is 32.5 Å². The lowest BCUT2D eigenvalue weighted by molar-refractivity contribution is -0.133. The first-order chi connectivity index (χ1) is 10.2. The Kier molecular flexibility index (Phi) is 6.24. The molecule has 2 unspecified atom stereocenters. The van der Waals surface area contributed by atoms with Crippen molar-refractivity contribution in [2.75, 3.05) is 26.3 Å². The number of carbonyl (C=O) groups is 1. The molecule has 0 aliphatic carbocycles. The van der Waals surface area contributed by atoms with Crippen LogP contribution in [0.3, 0.4) is 0 Å². The third kappa shape index (κ3) is 4.00. The molecular formula is C17H25ClN2O2. The number of ether oxygens (including phenoxy) is 1. The van der Waals surface area contributed by atoms with Gasteiger partial charge in [0.15, 0.2) is 0 Å². The molecule has 0 radical (unpaired) electrons. The predicted molar refractivity (Wildman–Crippen MR) is 89.3 cm³/mol. The number of hydrogen-bond donors (Lipinski definition) is 1. The van der Waals surface area contributed by atoms with E-state index < -0.39 is 0 Å². The minimum atomic E-state index is 0. The van der Waals surface area contributed by atoms with Crippen molar-refractivity contribution in [3.05, 3.63) is 35.4 Å². The van der Waals surface area contributed by atoms with Crippen LogP contribution in [0.4, 0.5) is 0 Å².